The van der Waals surface area contributed by atoms with Gasteiger partial charge in [0.25, 0.3) is 5.69 Å². The highest BCUT2D eigenvalue weighted by Gasteiger charge is 2.30. The summed E-state index contributed by atoms with van der Waals surface area (Å²) in [4.78, 5) is 12.9. The van der Waals surface area contributed by atoms with Gasteiger partial charge in [0.05, 0.1) is 10.6 Å². The Morgan fingerprint density at radius 1 is 1.58 bits per heavy atom. The van der Waals surface area contributed by atoms with Crippen LogP contribution in [0.25, 0.3) is 0 Å². The highest BCUT2D eigenvalue weighted by molar-refractivity contribution is 9.10. The maximum Gasteiger partial charge on any atom is 0.273 e. The van der Waals surface area contributed by atoms with Gasteiger partial charge in [0.15, 0.2) is 0 Å². The number of rotatable bonds is 3. The van der Waals surface area contributed by atoms with E-state index in [0.717, 1.165) is 23.1 Å². The fourth-order valence-electron chi connectivity index (χ4n) is 2.72. The van der Waals surface area contributed by atoms with Crippen LogP contribution < -0.4 is 10.6 Å². The lowest BCUT2D eigenvalue weighted by molar-refractivity contribution is -0.385. The number of benzene rings is 1. The van der Waals surface area contributed by atoms with Crippen LogP contribution in [0, 0.1) is 23.0 Å². The van der Waals surface area contributed by atoms with Crippen LogP contribution in [0.1, 0.15) is 18.9 Å². The van der Waals surface area contributed by atoms with Crippen molar-refractivity contribution in [2.75, 3.05) is 18.0 Å². The van der Waals surface area contributed by atoms with E-state index in [1.807, 2.05) is 6.07 Å². The Kier molecular flexibility index (Phi) is 4.10. The van der Waals surface area contributed by atoms with E-state index in [9.17, 15) is 10.1 Å². The van der Waals surface area contributed by atoms with E-state index in [1.165, 1.54) is 0 Å². The van der Waals surface area contributed by atoms with Crippen LogP contribution >= 0.6 is 15.9 Å². The van der Waals surface area contributed by atoms with Crippen molar-refractivity contribution in [3.05, 3.63) is 32.3 Å². The van der Waals surface area contributed by atoms with Crippen molar-refractivity contribution < 1.29 is 4.92 Å². The average molecular weight is 328 g/mol. The van der Waals surface area contributed by atoms with E-state index in [2.05, 4.69) is 27.8 Å². The molecule has 2 rings (SSSR count). The summed E-state index contributed by atoms with van der Waals surface area (Å²) in [6.45, 7) is 5.53. The summed E-state index contributed by atoms with van der Waals surface area (Å²) in [5.41, 5.74) is 7.60. The van der Waals surface area contributed by atoms with Crippen LogP contribution in [-0.4, -0.2) is 24.1 Å². The van der Waals surface area contributed by atoms with Crippen LogP contribution in [0.4, 0.5) is 11.4 Å². The average Bonchev–Trinajstić information content (AvgIpc) is 2.72. The minimum Gasteiger partial charge on any atom is -0.368 e. The van der Waals surface area contributed by atoms with Crippen LogP contribution in [-0.2, 0) is 0 Å². The minimum absolute atomic E-state index is 0.151. The first-order chi connectivity index (χ1) is 8.93. The van der Waals surface area contributed by atoms with E-state index in [0.29, 0.717) is 24.1 Å². The molecule has 1 aliphatic rings. The van der Waals surface area contributed by atoms with Gasteiger partial charge in [-0.3, -0.25) is 10.1 Å². The minimum atomic E-state index is -0.347. The van der Waals surface area contributed by atoms with Gasteiger partial charge in [0, 0.05) is 28.7 Å². The number of hydrogen-bond donors (Lipinski definition) is 1. The van der Waals surface area contributed by atoms with Gasteiger partial charge in [-0.2, -0.15) is 0 Å². The monoisotopic (exact) mass is 327 g/mol. The third-order valence-electron chi connectivity index (χ3n) is 3.77. The summed E-state index contributed by atoms with van der Waals surface area (Å²) in [7, 11) is 0. The first kappa shape index (κ1) is 14.3. The first-order valence-electron chi connectivity index (χ1n) is 6.35. The van der Waals surface area contributed by atoms with Gasteiger partial charge in [0.2, 0.25) is 0 Å². The van der Waals surface area contributed by atoms with E-state index in [-0.39, 0.29) is 10.6 Å². The molecular weight excluding hydrogens is 310 g/mol. The second-order valence-corrected chi connectivity index (χ2v) is 6.04. The number of nitrogens with two attached hydrogens (primary N) is 1. The Morgan fingerprint density at radius 2 is 2.26 bits per heavy atom. The maximum absolute atomic E-state index is 10.9. The molecule has 2 atom stereocenters. The number of halogens is 1. The van der Waals surface area contributed by atoms with Gasteiger partial charge < -0.3 is 10.6 Å². The van der Waals surface area contributed by atoms with Gasteiger partial charge in [-0.15, -0.1) is 0 Å². The summed E-state index contributed by atoms with van der Waals surface area (Å²) in [6.07, 6.45) is 1.07. The molecule has 1 aromatic rings. The van der Waals surface area contributed by atoms with Gasteiger partial charge in [-0.25, -0.2) is 0 Å². The van der Waals surface area contributed by atoms with Crippen molar-refractivity contribution in [3.63, 3.8) is 0 Å². The van der Waals surface area contributed by atoms with Crippen LogP contribution in [0.3, 0.4) is 0 Å². The summed E-state index contributed by atoms with van der Waals surface area (Å²) < 4.78 is 0.773. The molecule has 1 fully saturated rings. The van der Waals surface area contributed by atoms with Gasteiger partial charge in [-0.1, -0.05) is 0 Å². The molecule has 0 aromatic heterocycles. The summed E-state index contributed by atoms with van der Waals surface area (Å²) in [5, 5.41) is 10.9. The van der Waals surface area contributed by atoms with Crippen molar-refractivity contribution in [1.29, 1.82) is 0 Å². The molecule has 0 saturated carbocycles. The van der Waals surface area contributed by atoms with E-state index in [4.69, 9.17) is 5.73 Å². The zero-order valence-corrected chi connectivity index (χ0v) is 12.7. The number of anilines is 1. The summed E-state index contributed by atoms with van der Waals surface area (Å²) in [5.74, 6) is 0.498. The molecule has 1 heterocycles. The van der Waals surface area contributed by atoms with E-state index >= 15 is 0 Å². The van der Waals surface area contributed by atoms with Gasteiger partial charge >= 0.3 is 0 Å². The van der Waals surface area contributed by atoms with Gasteiger partial charge in [0.1, 0.15) is 0 Å². The van der Waals surface area contributed by atoms with E-state index in [1.54, 1.807) is 13.0 Å². The van der Waals surface area contributed by atoms with Crippen molar-refractivity contribution in [3.8, 4) is 0 Å². The molecule has 0 spiro atoms. The smallest absolute Gasteiger partial charge is 0.273 e. The Bertz CT molecular complexity index is 507. The van der Waals surface area contributed by atoms with Crippen molar-refractivity contribution in [2.24, 2.45) is 11.7 Å². The quantitative estimate of drug-likeness (QED) is 0.684. The Balaban J connectivity index is 2.36. The third-order valence-corrected chi connectivity index (χ3v) is 4.40. The zero-order valence-electron chi connectivity index (χ0n) is 11.1. The lowest BCUT2D eigenvalue weighted by atomic mass is 10.1. The molecule has 1 aromatic carbocycles. The Labute approximate surface area is 121 Å². The Hall–Kier alpha value is -1.14. The molecule has 0 radical (unpaired) electrons. The highest BCUT2D eigenvalue weighted by atomic mass is 79.9. The molecule has 0 aliphatic carbocycles. The van der Waals surface area contributed by atoms with Crippen LogP contribution in [0.5, 0.6) is 0 Å². The predicted molar refractivity (Wildman–Crippen MR) is 79.5 cm³/mol. The maximum atomic E-state index is 10.9. The molecule has 0 bridgehead atoms. The number of hydrogen-bond acceptors (Lipinski definition) is 4. The largest absolute Gasteiger partial charge is 0.368 e. The predicted octanol–water partition coefficient (Wildman–Crippen LogP) is 2.84. The number of nitro groups is 1. The molecule has 1 aliphatic heterocycles. The molecule has 2 N–H and O–H groups in total. The fourth-order valence-corrected chi connectivity index (χ4v) is 3.28. The second-order valence-electron chi connectivity index (χ2n) is 5.19. The van der Waals surface area contributed by atoms with E-state index < -0.39 is 0 Å². The molecule has 19 heavy (non-hydrogen) atoms. The molecule has 2 unspecified atom stereocenters. The second kappa shape index (κ2) is 5.46. The molecule has 1 saturated heterocycles. The third kappa shape index (κ3) is 2.74. The molecular formula is C13H18BrN3O2. The standard InChI is InChI=1S/C13H18BrN3O2/c1-8-3-13(11(14)5-12(8)17(18)19)16-7-10(6-15)4-9(16)2/h3,5,9-10H,4,6-7,15H2,1-2H3. The van der Waals surface area contributed by atoms with Crippen molar-refractivity contribution in [1.82, 2.24) is 0 Å². The molecule has 0 amide bonds. The molecule has 104 valence electrons. The molecule has 6 heteroatoms. The van der Waals surface area contributed by atoms with Crippen molar-refractivity contribution >= 4 is 27.3 Å². The van der Waals surface area contributed by atoms with Crippen molar-refractivity contribution in [2.45, 2.75) is 26.3 Å². The number of nitrogens with zero attached hydrogens (tertiary/aromatic N) is 2. The van der Waals surface area contributed by atoms with Crippen LogP contribution in [0.2, 0.25) is 0 Å². The lowest BCUT2D eigenvalue weighted by Crippen LogP contribution is -2.28. The summed E-state index contributed by atoms with van der Waals surface area (Å²) in [6, 6.07) is 3.89. The number of nitro benzene ring substituents is 1. The first-order valence-corrected chi connectivity index (χ1v) is 7.14. The Morgan fingerprint density at radius 3 is 2.79 bits per heavy atom. The molecule has 5 nitrogen and oxygen atoms in total. The van der Waals surface area contributed by atoms with Gasteiger partial charge in [-0.05, 0) is 54.7 Å². The fraction of sp³-hybridized carbons (Fsp3) is 0.538. The SMILES string of the molecule is Cc1cc(N2CC(CN)CC2C)c(Br)cc1[N+](=O)[O-]. The normalized spacial score (nSPS) is 22.8. The lowest BCUT2D eigenvalue weighted by Gasteiger charge is -2.25. The summed E-state index contributed by atoms with van der Waals surface area (Å²) >= 11 is 3.45. The zero-order chi connectivity index (χ0) is 14.2. The topological polar surface area (TPSA) is 72.4 Å². The van der Waals surface area contributed by atoms with Crippen LogP contribution in [0.15, 0.2) is 16.6 Å². The number of aryl methyl sites for hydroxylation is 1. The highest BCUT2D eigenvalue weighted by Crippen LogP contribution is 2.37.